The Labute approximate surface area is 244 Å². The number of ether oxygens (including phenoxy) is 1. The molecule has 0 bridgehead atoms. The molecule has 42 heavy (non-hydrogen) atoms. The van der Waals surface area contributed by atoms with Crippen molar-refractivity contribution >= 4 is 21.7 Å². The van der Waals surface area contributed by atoms with Gasteiger partial charge in [-0.1, -0.05) is 29.8 Å². The monoisotopic (exact) mass is 604 g/mol. The molecule has 8 nitrogen and oxygen atoms in total. The van der Waals surface area contributed by atoms with Gasteiger partial charge in [0.1, 0.15) is 0 Å². The lowest BCUT2D eigenvalue weighted by atomic mass is 10.0. The summed E-state index contributed by atoms with van der Waals surface area (Å²) in [6.45, 7) is 8.29. The first kappa shape index (κ1) is 31.5. The van der Waals surface area contributed by atoms with Gasteiger partial charge in [0.15, 0.2) is 0 Å². The Bertz CT molecular complexity index is 1510. The standard InChI is InChI=1S/C30H35F3N4O4S/c1-20-8-11-27(42(39,40)36-29(2,3)4)26(16-20)21-9-10-24(34-18-21)19-41-25-12-14-37(15-13-25)28(38)35-23-7-5-6-22(17-23)30(31,32)33/h5-11,16-18,25,36H,12-15,19H2,1-4H3,(H,35,38). The molecule has 0 unspecified atom stereocenters. The Morgan fingerprint density at radius 1 is 1.05 bits per heavy atom. The van der Waals surface area contributed by atoms with Crippen LogP contribution in [0.1, 0.15) is 50.4 Å². The minimum absolute atomic E-state index is 0.0866. The van der Waals surface area contributed by atoms with Gasteiger partial charge in [0.05, 0.1) is 28.9 Å². The Morgan fingerprint density at radius 2 is 1.76 bits per heavy atom. The van der Waals surface area contributed by atoms with E-state index in [1.165, 1.54) is 12.1 Å². The number of rotatable bonds is 7. The number of anilines is 1. The third-order valence-electron chi connectivity index (χ3n) is 6.64. The largest absolute Gasteiger partial charge is 0.416 e. The number of benzene rings is 2. The zero-order chi connectivity index (χ0) is 30.7. The zero-order valence-corrected chi connectivity index (χ0v) is 24.8. The third kappa shape index (κ3) is 8.30. The normalized spacial score (nSPS) is 15.1. The van der Waals surface area contributed by atoms with E-state index in [0.29, 0.717) is 42.8 Å². The second kappa shape index (κ2) is 12.4. The van der Waals surface area contributed by atoms with Crippen LogP contribution in [-0.2, 0) is 27.5 Å². The van der Waals surface area contributed by atoms with E-state index in [1.807, 2.05) is 19.1 Å². The Hall–Kier alpha value is -3.48. The summed E-state index contributed by atoms with van der Waals surface area (Å²) in [5.41, 5.74) is 1.44. The molecule has 2 N–H and O–H groups in total. The number of aryl methyl sites for hydroxylation is 1. The molecule has 1 aliphatic heterocycles. The molecule has 0 radical (unpaired) electrons. The van der Waals surface area contributed by atoms with E-state index in [-0.39, 0.29) is 23.3 Å². The molecule has 1 saturated heterocycles. The lowest BCUT2D eigenvalue weighted by molar-refractivity contribution is -0.137. The van der Waals surface area contributed by atoms with E-state index in [1.54, 1.807) is 50.1 Å². The summed E-state index contributed by atoms with van der Waals surface area (Å²) in [7, 11) is -3.76. The smallest absolute Gasteiger partial charge is 0.372 e. The second-order valence-corrected chi connectivity index (χ2v) is 13.1. The highest BCUT2D eigenvalue weighted by Gasteiger charge is 2.31. The average Bonchev–Trinajstić information content (AvgIpc) is 2.90. The molecular weight excluding hydrogens is 569 g/mol. The van der Waals surface area contributed by atoms with Crippen LogP contribution in [0.15, 0.2) is 65.7 Å². The number of piperidine rings is 1. The van der Waals surface area contributed by atoms with E-state index in [2.05, 4.69) is 15.0 Å². The molecule has 2 amide bonds. The summed E-state index contributed by atoms with van der Waals surface area (Å²) < 4.78 is 73.7. The van der Waals surface area contributed by atoms with Crippen molar-refractivity contribution < 1.29 is 31.1 Å². The first-order valence-corrected chi connectivity index (χ1v) is 15.0. The molecule has 1 fully saturated rings. The topological polar surface area (TPSA) is 101 Å². The molecular formula is C30H35F3N4O4S. The summed E-state index contributed by atoms with van der Waals surface area (Å²) in [5, 5.41) is 2.54. The van der Waals surface area contributed by atoms with Crippen molar-refractivity contribution in [1.29, 1.82) is 0 Å². The maximum absolute atomic E-state index is 13.1. The maximum atomic E-state index is 13.1. The van der Waals surface area contributed by atoms with Gasteiger partial charge >= 0.3 is 12.2 Å². The number of nitrogens with one attached hydrogen (secondary N) is 2. The minimum Gasteiger partial charge on any atom is -0.372 e. The highest BCUT2D eigenvalue weighted by Crippen LogP contribution is 2.31. The maximum Gasteiger partial charge on any atom is 0.416 e. The molecule has 226 valence electrons. The third-order valence-corrected chi connectivity index (χ3v) is 8.45. The second-order valence-electron chi connectivity index (χ2n) is 11.4. The zero-order valence-electron chi connectivity index (χ0n) is 24.0. The van der Waals surface area contributed by atoms with Crippen molar-refractivity contribution in [3.8, 4) is 11.1 Å². The van der Waals surface area contributed by atoms with Crippen molar-refractivity contribution in [3.05, 3.63) is 77.6 Å². The molecule has 0 saturated carbocycles. The van der Waals surface area contributed by atoms with Crippen molar-refractivity contribution in [1.82, 2.24) is 14.6 Å². The van der Waals surface area contributed by atoms with Crippen molar-refractivity contribution in [2.45, 2.75) is 69.9 Å². The number of carbonyl (C=O) groups excluding carboxylic acids is 1. The molecule has 1 aromatic heterocycles. The first-order valence-electron chi connectivity index (χ1n) is 13.6. The average molecular weight is 605 g/mol. The van der Waals surface area contributed by atoms with E-state index in [9.17, 15) is 26.4 Å². The molecule has 0 atom stereocenters. The predicted octanol–water partition coefficient (Wildman–Crippen LogP) is 6.37. The Morgan fingerprint density at radius 3 is 2.38 bits per heavy atom. The highest BCUT2D eigenvalue weighted by molar-refractivity contribution is 7.89. The highest BCUT2D eigenvalue weighted by atomic mass is 32.2. The number of pyridine rings is 1. The minimum atomic E-state index is -4.49. The van der Waals surface area contributed by atoms with Gasteiger partial charge < -0.3 is 15.0 Å². The number of hydrogen-bond donors (Lipinski definition) is 2. The number of urea groups is 1. The molecule has 3 aromatic rings. The van der Waals surface area contributed by atoms with Crippen LogP contribution < -0.4 is 10.0 Å². The molecule has 1 aliphatic rings. The van der Waals surface area contributed by atoms with Gasteiger partial charge in [-0.05, 0) is 70.9 Å². The van der Waals surface area contributed by atoms with E-state index < -0.39 is 33.3 Å². The summed E-state index contributed by atoms with van der Waals surface area (Å²) in [6.07, 6.45) is -1.83. The molecule has 4 rings (SSSR count). The fourth-order valence-corrected chi connectivity index (χ4v) is 6.27. The number of amides is 2. The number of sulfonamides is 1. The van der Waals surface area contributed by atoms with Crippen molar-refractivity contribution in [3.63, 3.8) is 0 Å². The van der Waals surface area contributed by atoms with Gasteiger partial charge in [-0.15, -0.1) is 0 Å². The SMILES string of the molecule is Cc1ccc(S(=O)(=O)NC(C)(C)C)c(-c2ccc(COC3CCN(C(=O)Nc4cccc(C(F)(F)F)c4)CC3)nc2)c1. The van der Waals surface area contributed by atoms with Crippen LogP contribution in [0.4, 0.5) is 23.7 Å². The number of nitrogens with zero attached hydrogens (tertiary/aromatic N) is 2. The Kier molecular flexibility index (Phi) is 9.29. The number of carbonyl (C=O) groups is 1. The first-order chi connectivity index (χ1) is 19.6. The molecule has 0 aliphatic carbocycles. The van der Waals surface area contributed by atoms with E-state index >= 15 is 0 Å². The fourth-order valence-electron chi connectivity index (χ4n) is 4.64. The Balaban J connectivity index is 1.32. The van der Waals surface area contributed by atoms with Crippen LogP contribution in [0.3, 0.4) is 0 Å². The number of hydrogen-bond acceptors (Lipinski definition) is 5. The number of likely N-dealkylation sites (tertiary alicyclic amines) is 1. The van der Waals surface area contributed by atoms with Crippen LogP contribution in [0, 0.1) is 6.92 Å². The summed E-state index contributed by atoms with van der Waals surface area (Å²) in [6, 6.07) is 12.9. The summed E-state index contributed by atoms with van der Waals surface area (Å²) >= 11 is 0. The fraction of sp³-hybridized carbons (Fsp3) is 0.400. The number of halogens is 3. The molecule has 2 heterocycles. The molecule has 0 spiro atoms. The van der Waals surface area contributed by atoms with Gasteiger partial charge in [0.2, 0.25) is 10.0 Å². The summed E-state index contributed by atoms with van der Waals surface area (Å²) in [4.78, 5) is 18.8. The van der Waals surface area contributed by atoms with Crippen LogP contribution in [0.5, 0.6) is 0 Å². The quantitative estimate of drug-likeness (QED) is 0.327. The summed E-state index contributed by atoms with van der Waals surface area (Å²) in [5.74, 6) is 0. The van der Waals surface area contributed by atoms with Crippen molar-refractivity contribution in [2.75, 3.05) is 18.4 Å². The van der Waals surface area contributed by atoms with E-state index in [4.69, 9.17) is 4.74 Å². The molecule has 12 heteroatoms. The van der Waals surface area contributed by atoms with Crippen molar-refractivity contribution in [2.24, 2.45) is 0 Å². The van der Waals surface area contributed by atoms with Crippen LogP contribution in [0.25, 0.3) is 11.1 Å². The van der Waals surface area contributed by atoms with Crippen LogP contribution >= 0.6 is 0 Å². The van der Waals surface area contributed by atoms with Gasteiger partial charge in [0.25, 0.3) is 0 Å². The lowest BCUT2D eigenvalue weighted by Crippen LogP contribution is -2.43. The van der Waals surface area contributed by atoms with Gasteiger partial charge in [-0.2, -0.15) is 13.2 Å². The van der Waals surface area contributed by atoms with Gasteiger partial charge in [0, 0.05) is 41.6 Å². The molecule has 2 aromatic carbocycles. The van der Waals surface area contributed by atoms with Gasteiger partial charge in [-0.25, -0.2) is 17.9 Å². The number of alkyl halides is 3. The predicted molar refractivity (Wildman–Crippen MR) is 154 cm³/mol. The van der Waals surface area contributed by atoms with E-state index in [0.717, 1.165) is 17.7 Å². The van der Waals surface area contributed by atoms with Crippen LogP contribution in [0.2, 0.25) is 0 Å². The number of aromatic nitrogens is 1. The van der Waals surface area contributed by atoms with Crippen LogP contribution in [-0.4, -0.2) is 49.1 Å². The lowest BCUT2D eigenvalue weighted by Gasteiger charge is -2.32. The van der Waals surface area contributed by atoms with Gasteiger partial charge in [-0.3, -0.25) is 4.98 Å².